The number of benzene rings is 2. The number of rotatable bonds is 3. The molecule has 2 aromatic heterocycles. The summed E-state index contributed by atoms with van der Waals surface area (Å²) in [6, 6.07) is 13.7. The van der Waals surface area contributed by atoms with Gasteiger partial charge in [0.2, 0.25) is 0 Å². The van der Waals surface area contributed by atoms with Crippen LogP contribution >= 0.6 is 22.9 Å². The number of halogens is 2. The van der Waals surface area contributed by atoms with Crippen LogP contribution in [-0.2, 0) is 6.54 Å². The van der Waals surface area contributed by atoms with Crippen molar-refractivity contribution in [2.75, 3.05) is 0 Å². The maximum absolute atomic E-state index is 13.5. The van der Waals surface area contributed by atoms with Gasteiger partial charge in [-0.2, -0.15) is 0 Å². The Morgan fingerprint density at radius 3 is 2.80 bits per heavy atom. The molecule has 0 fully saturated rings. The SMILES string of the molecule is O=c1c2scc(-c3cccc(F)c3)c2ncn1Cc1cccc(Cl)c1. The van der Waals surface area contributed by atoms with Gasteiger partial charge in [0.05, 0.1) is 18.4 Å². The van der Waals surface area contributed by atoms with Crippen LogP contribution in [0.5, 0.6) is 0 Å². The number of fused-ring (bicyclic) bond motifs is 1. The molecule has 0 N–H and O–H groups in total. The Bertz CT molecular complexity index is 1140. The zero-order valence-corrected chi connectivity index (χ0v) is 14.5. The molecule has 0 saturated carbocycles. The molecule has 0 atom stereocenters. The summed E-state index contributed by atoms with van der Waals surface area (Å²) in [5.41, 5.74) is 2.90. The molecule has 0 radical (unpaired) electrons. The monoisotopic (exact) mass is 370 g/mol. The van der Waals surface area contributed by atoms with Gasteiger partial charge in [0, 0.05) is 16.0 Å². The van der Waals surface area contributed by atoms with Gasteiger partial charge in [0.25, 0.3) is 5.56 Å². The van der Waals surface area contributed by atoms with Gasteiger partial charge in [0.1, 0.15) is 10.5 Å². The van der Waals surface area contributed by atoms with E-state index in [1.165, 1.54) is 29.8 Å². The molecule has 6 heteroatoms. The van der Waals surface area contributed by atoms with E-state index in [0.29, 0.717) is 27.3 Å². The first-order valence-corrected chi connectivity index (χ1v) is 8.84. The van der Waals surface area contributed by atoms with E-state index < -0.39 is 0 Å². The van der Waals surface area contributed by atoms with Crippen LogP contribution in [0.2, 0.25) is 5.02 Å². The summed E-state index contributed by atoms with van der Waals surface area (Å²) in [6.07, 6.45) is 1.53. The predicted molar refractivity (Wildman–Crippen MR) is 99.8 cm³/mol. The molecule has 0 aliphatic rings. The van der Waals surface area contributed by atoms with Crippen LogP contribution < -0.4 is 5.56 Å². The molecule has 2 heterocycles. The van der Waals surface area contributed by atoms with Crippen LogP contribution in [-0.4, -0.2) is 9.55 Å². The smallest absolute Gasteiger partial charge is 0.271 e. The summed E-state index contributed by atoms with van der Waals surface area (Å²) in [6.45, 7) is 0.398. The summed E-state index contributed by atoms with van der Waals surface area (Å²) < 4.78 is 15.6. The highest BCUT2D eigenvalue weighted by Crippen LogP contribution is 2.31. The molecule has 0 unspecified atom stereocenters. The Labute approximate surface area is 152 Å². The molecule has 124 valence electrons. The fourth-order valence-corrected chi connectivity index (χ4v) is 3.94. The molecule has 25 heavy (non-hydrogen) atoms. The Balaban J connectivity index is 1.78. The Morgan fingerprint density at radius 1 is 1.16 bits per heavy atom. The molecule has 3 nitrogen and oxygen atoms in total. The average molecular weight is 371 g/mol. The van der Waals surface area contributed by atoms with Gasteiger partial charge < -0.3 is 0 Å². The third kappa shape index (κ3) is 3.08. The van der Waals surface area contributed by atoms with Gasteiger partial charge in [-0.1, -0.05) is 35.9 Å². The lowest BCUT2D eigenvalue weighted by Gasteiger charge is -2.06. The standard InChI is InChI=1S/C19H12ClFN2OS/c20-14-5-1-3-12(7-14)9-23-11-22-17-16(10-25-18(17)19(23)24)13-4-2-6-15(21)8-13/h1-8,10-11H,9H2. The molecule has 0 aliphatic heterocycles. The van der Waals surface area contributed by atoms with Crippen molar-refractivity contribution in [1.29, 1.82) is 0 Å². The van der Waals surface area contributed by atoms with Crippen LogP contribution in [0.15, 0.2) is 65.0 Å². The molecule has 0 spiro atoms. The van der Waals surface area contributed by atoms with Crippen LogP contribution in [0.1, 0.15) is 5.56 Å². The third-order valence-corrected chi connectivity index (χ3v) is 5.12. The van der Waals surface area contributed by atoms with Crippen molar-refractivity contribution in [2.24, 2.45) is 0 Å². The average Bonchev–Trinajstić information content (AvgIpc) is 3.02. The summed E-state index contributed by atoms with van der Waals surface area (Å²) in [7, 11) is 0. The fourth-order valence-electron chi connectivity index (χ4n) is 2.75. The lowest BCUT2D eigenvalue weighted by Crippen LogP contribution is -2.20. The first-order chi connectivity index (χ1) is 12.1. The van der Waals surface area contributed by atoms with Gasteiger partial charge in [-0.15, -0.1) is 11.3 Å². The predicted octanol–water partition coefficient (Wildman–Crippen LogP) is 4.97. The first-order valence-electron chi connectivity index (χ1n) is 7.59. The maximum atomic E-state index is 13.5. The van der Waals surface area contributed by atoms with E-state index in [0.717, 1.165) is 11.1 Å². The van der Waals surface area contributed by atoms with Gasteiger partial charge in [-0.3, -0.25) is 9.36 Å². The maximum Gasteiger partial charge on any atom is 0.271 e. The van der Waals surface area contributed by atoms with Crippen LogP contribution in [0, 0.1) is 5.82 Å². The summed E-state index contributed by atoms with van der Waals surface area (Å²) in [4.78, 5) is 17.2. The van der Waals surface area contributed by atoms with Crippen molar-refractivity contribution in [3.8, 4) is 11.1 Å². The van der Waals surface area contributed by atoms with E-state index >= 15 is 0 Å². The van der Waals surface area contributed by atoms with E-state index in [1.807, 2.05) is 29.6 Å². The number of aromatic nitrogens is 2. The van der Waals surface area contributed by atoms with Crippen molar-refractivity contribution in [3.05, 3.63) is 87.0 Å². The minimum absolute atomic E-state index is 0.113. The summed E-state index contributed by atoms with van der Waals surface area (Å²) >= 11 is 7.32. The van der Waals surface area contributed by atoms with E-state index in [9.17, 15) is 9.18 Å². The summed E-state index contributed by atoms with van der Waals surface area (Å²) in [5, 5.41) is 2.47. The Hall–Kier alpha value is -2.50. The van der Waals surface area contributed by atoms with Crippen molar-refractivity contribution >= 4 is 33.2 Å². The highest BCUT2D eigenvalue weighted by molar-refractivity contribution is 7.17. The molecule has 0 saturated heterocycles. The van der Waals surface area contributed by atoms with Crippen molar-refractivity contribution in [2.45, 2.75) is 6.54 Å². The normalized spacial score (nSPS) is 11.1. The van der Waals surface area contributed by atoms with Crippen molar-refractivity contribution < 1.29 is 4.39 Å². The van der Waals surface area contributed by atoms with Crippen LogP contribution in [0.4, 0.5) is 4.39 Å². The second-order valence-corrected chi connectivity index (χ2v) is 6.96. The minimum atomic E-state index is -0.314. The lowest BCUT2D eigenvalue weighted by molar-refractivity contribution is 0.628. The minimum Gasteiger partial charge on any atom is -0.294 e. The Morgan fingerprint density at radius 2 is 2.00 bits per heavy atom. The second kappa shape index (κ2) is 6.43. The molecule has 4 rings (SSSR count). The number of hydrogen-bond donors (Lipinski definition) is 0. The fraction of sp³-hybridized carbons (Fsp3) is 0.0526. The van der Waals surface area contributed by atoms with Crippen LogP contribution in [0.3, 0.4) is 0 Å². The van der Waals surface area contributed by atoms with E-state index in [-0.39, 0.29) is 11.4 Å². The quantitative estimate of drug-likeness (QED) is 0.510. The van der Waals surface area contributed by atoms with Gasteiger partial charge in [0.15, 0.2) is 0 Å². The van der Waals surface area contributed by atoms with Gasteiger partial charge in [-0.25, -0.2) is 9.37 Å². The van der Waals surface area contributed by atoms with E-state index in [2.05, 4.69) is 4.98 Å². The molecular weight excluding hydrogens is 359 g/mol. The number of nitrogens with zero attached hydrogens (tertiary/aromatic N) is 2. The molecule has 0 aliphatic carbocycles. The lowest BCUT2D eigenvalue weighted by atomic mass is 10.1. The molecule has 4 aromatic rings. The third-order valence-electron chi connectivity index (χ3n) is 3.92. The summed E-state index contributed by atoms with van der Waals surface area (Å²) in [5.74, 6) is -0.314. The van der Waals surface area contributed by atoms with E-state index in [4.69, 9.17) is 11.6 Å². The zero-order chi connectivity index (χ0) is 17.4. The molecular formula is C19H12ClFN2OS. The van der Waals surface area contributed by atoms with Gasteiger partial charge >= 0.3 is 0 Å². The molecule has 2 aromatic carbocycles. The van der Waals surface area contributed by atoms with Crippen molar-refractivity contribution in [1.82, 2.24) is 9.55 Å². The van der Waals surface area contributed by atoms with Crippen molar-refractivity contribution in [3.63, 3.8) is 0 Å². The second-order valence-electron chi connectivity index (χ2n) is 5.64. The van der Waals surface area contributed by atoms with E-state index in [1.54, 1.807) is 16.7 Å². The highest BCUT2D eigenvalue weighted by Gasteiger charge is 2.13. The molecule has 0 bridgehead atoms. The number of thiophene rings is 1. The number of hydrogen-bond acceptors (Lipinski definition) is 3. The zero-order valence-electron chi connectivity index (χ0n) is 12.9. The largest absolute Gasteiger partial charge is 0.294 e. The molecule has 0 amide bonds. The Kier molecular flexibility index (Phi) is 4.11. The highest BCUT2D eigenvalue weighted by atomic mass is 35.5. The topological polar surface area (TPSA) is 34.9 Å². The van der Waals surface area contributed by atoms with Gasteiger partial charge in [-0.05, 0) is 35.4 Å². The first kappa shape index (κ1) is 16.0. The van der Waals surface area contributed by atoms with Crippen LogP contribution in [0.25, 0.3) is 21.3 Å².